The van der Waals surface area contributed by atoms with Crippen LogP contribution in [0.15, 0.2) is 89.4 Å². The maximum absolute atomic E-state index is 15.1. The van der Waals surface area contributed by atoms with Crippen LogP contribution >= 0.6 is 0 Å². The first-order valence-corrected chi connectivity index (χ1v) is 10.3. The fraction of sp³-hybridized carbons (Fsp3) is 0.115. The topological polar surface area (TPSA) is 75.4 Å². The molecule has 0 saturated heterocycles. The molecule has 1 N–H and O–H groups in total. The van der Waals surface area contributed by atoms with E-state index in [1.54, 1.807) is 36.7 Å². The van der Waals surface area contributed by atoms with Crippen LogP contribution in [0.5, 0.6) is 0 Å². The van der Waals surface area contributed by atoms with Crippen LogP contribution in [0.4, 0.5) is 10.2 Å². The van der Waals surface area contributed by atoms with Crippen molar-refractivity contribution in [2.75, 3.05) is 5.32 Å². The molecule has 0 aliphatic rings. The number of rotatable bonds is 10. The highest BCUT2D eigenvalue weighted by Crippen LogP contribution is 2.24. The minimum atomic E-state index is -0.516. The lowest BCUT2D eigenvalue weighted by molar-refractivity contribution is 0.620. The molecule has 0 fully saturated rings. The lowest BCUT2D eigenvalue weighted by Gasteiger charge is -2.10. The molecule has 0 saturated carbocycles. The molecular weight excluding hydrogens is 415 g/mol. The second-order valence-corrected chi connectivity index (χ2v) is 7.13. The molecule has 166 valence electrons. The summed E-state index contributed by atoms with van der Waals surface area (Å²) in [5, 5.41) is 3.03. The predicted molar refractivity (Wildman–Crippen MR) is 134 cm³/mol. The number of nitrogens with one attached hydrogen (secondary N) is 1. The molecule has 0 spiro atoms. The Hall–Kier alpha value is -4.26. The highest BCUT2D eigenvalue weighted by molar-refractivity contribution is 5.71. The van der Waals surface area contributed by atoms with Crippen molar-refractivity contribution in [1.82, 2.24) is 15.0 Å². The number of hydrogen-bond acceptors (Lipinski definition) is 6. The Morgan fingerprint density at radius 2 is 1.88 bits per heavy atom. The Balaban J connectivity index is 1.76. The Morgan fingerprint density at radius 3 is 2.55 bits per heavy atom. The number of aryl methyl sites for hydroxylation is 1. The van der Waals surface area contributed by atoms with Gasteiger partial charge >= 0.3 is 0 Å². The van der Waals surface area contributed by atoms with Gasteiger partial charge in [0.1, 0.15) is 0 Å². The number of aliphatic imine (C=N–C) groups is 2. The predicted octanol–water partition coefficient (Wildman–Crippen LogP) is 5.80. The number of anilines is 1. The summed E-state index contributed by atoms with van der Waals surface area (Å²) in [6, 6.07) is 9.31. The van der Waals surface area contributed by atoms with Crippen molar-refractivity contribution in [3.8, 4) is 11.3 Å². The van der Waals surface area contributed by atoms with Crippen LogP contribution in [0.1, 0.15) is 23.2 Å². The maximum Gasteiger partial charge on any atom is 0.174 e. The van der Waals surface area contributed by atoms with Gasteiger partial charge in [-0.2, -0.15) is 0 Å². The fourth-order valence-corrected chi connectivity index (χ4v) is 3.09. The molecule has 3 heterocycles. The van der Waals surface area contributed by atoms with E-state index in [0.717, 1.165) is 22.5 Å². The van der Waals surface area contributed by atoms with Crippen LogP contribution < -0.4 is 5.32 Å². The number of nitrogens with zero attached hydrogens (tertiary/aromatic N) is 5. The largest absolute Gasteiger partial charge is 0.363 e. The zero-order chi connectivity index (χ0) is 23.6. The van der Waals surface area contributed by atoms with Crippen LogP contribution in [0.25, 0.3) is 17.0 Å². The molecule has 0 aliphatic carbocycles. The normalized spacial score (nSPS) is 11.7. The Kier molecular flexibility index (Phi) is 8.07. The fourth-order valence-electron chi connectivity index (χ4n) is 3.09. The molecular formula is C26H25FN6. The van der Waals surface area contributed by atoms with Gasteiger partial charge in [0, 0.05) is 54.1 Å². The van der Waals surface area contributed by atoms with Gasteiger partial charge in [0.25, 0.3) is 0 Å². The van der Waals surface area contributed by atoms with Gasteiger partial charge in [-0.3, -0.25) is 20.0 Å². The Morgan fingerprint density at radius 1 is 1.06 bits per heavy atom. The second kappa shape index (κ2) is 11.4. The molecule has 0 aromatic carbocycles. The summed E-state index contributed by atoms with van der Waals surface area (Å²) >= 11 is 0. The van der Waals surface area contributed by atoms with Crippen LogP contribution in [0, 0.1) is 12.7 Å². The van der Waals surface area contributed by atoms with E-state index >= 15 is 4.39 Å². The summed E-state index contributed by atoms with van der Waals surface area (Å²) in [6.07, 6.45) is 10.6. The average Bonchev–Trinajstić information content (AvgIpc) is 2.84. The van der Waals surface area contributed by atoms with E-state index in [1.165, 1.54) is 6.20 Å². The Bertz CT molecular complexity index is 1210. The van der Waals surface area contributed by atoms with Gasteiger partial charge in [-0.1, -0.05) is 12.1 Å². The van der Waals surface area contributed by atoms with Crippen molar-refractivity contribution in [3.63, 3.8) is 0 Å². The molecule has 0 bridgehead atoms. The number of aromatic nitrogens is 3. The van der Waals surface area contributed by atoms with Crippen molar-refractivity contribution in [1.29, 1.82) is 0 Å². The summed E-state index contributed by atoms with van der Waals surface area (Å²) in [6.45, 7) is 13.1. The van der Waals surface area contributed by atoms with Gasteiger partial charge in [-0.05, 0) is 62.3 Å². The SMILES string of the molecule is C=CC/C(=C\C=C(/N=C)c1ccnc(NCc2ccc(-c3ccnc(C)c3)nc2)c1F)N=C. The molecule has 0 radical (unpaired) electrons. The van der Waals surface area contributed by atoms with Crippen molar-refractivity contribution in [3.05, 3.63) is 102 Å². The standard InChI is InChI=1S/C26H25FN6/c1-5-6-21(28-3)8-10-24(29-4)22-12-14-31-26(25(22)27)33-17-19-7-9-23(32-16-19)20-11-13-30-18(2)15-20/h5,7-16H,1,3-4,6,17H2,2H3,(H,31,33)/b21-8+,24-10-. The Labute approximate surface area is 193 Å². The lowest BCUT2D eigenvalue weighted by Crippen LogP contribution is -2.05. The third-order valence-electron chi connectivity index (χ3n) is 4.80. The van der Waals surface area contributed by atoms with E-state index in [1.807, 2.05) is 31.2 Å². The first kappa shape index (κ1) is 23.4. The maximum atomic E-state index is 15.1. The number of pyridine rings is 3. The molecule has 0 atom stereocenters. The first-order chi connectivity index (χ1) is 16.0. The van der Waals surface area contributed by atoms with Crippen molar-refractivity contribution < 1.29 is 4.39 Å². The molecule has 7 heteroatoms. The van der Waals surface area contributed by atoms with Crippen LogP contribution in [0.3, 0.4) is 0 Å². The molecule has 0 aliphatic heterocycles. The summed E-state index contributed by atoms with van der Waals surface area (Å²) in [5.74, 6) is -0.397. The molecule has 3 aromatic rings. The third kappa shape index (κ3) is 6.13. The van der Waals surface area contributed by atoms with E-state index in [4.69, 9.17) is 0 Å². The monoisotopic (exact) mass is 440 g/mol. The van der Waals surface area contributed by atoms with Crippen LogP contribution in [0.2, 0.25) is 0 Å². The van der Waals surface area contributed by atoms with E-state index in [9.17, 15) is 0 Å². The van der Waals surface area contributed by atoms with Gasteiger partial charge < -0.3 is 5.32 Å². The molecule has 0 unspecified atom stereocenters. The van der Waals surface area contributed by atoms with Gasteiger partial charge in [0.2, 0.25) is 0 Å². The first-order valence-electron chi connectivity index (χ1n) is 10.3. The van der Waals surface area contributed by atoms with E-state index in [2.05, 4.69) is 50.3 Å². The smallest absolute Gasteiger partial charge is 0.174 e. The van der Waals surface area contributed by atoms with Crippen molar-refractivity contribution in [2.45, 2.75) is 19.9 Å². The summed E-state index contributed by atoms with van der Waals surface area (Å²) in [7, 11) is 0. The van der Waals surface area contributed by atoms with Gasteiger partial charge in [0.05, 0.1) is 11.4 Å². The third-order valence-corrected chi connectivity index (χ3v) is 4.80. The molecule has 3 aromatic heterocycles. The van der Waals surface area contributed by atoms with Crippen molar-refractivity contribution in [2.24, 2.45) is 9.98 Å². The zero-order valence-electron chi connectivity index (χ0n) is 18.5. The van der Waals surface area contributed by atoms with E-state index in [-0.39, 0.29) is 11.4 Å². The van der Waals surface area contributed by atoms with Gasteiger partial charge in [0.15, 0.2) is 11.6 Å². The van der Waals surface area contributed by atoms with E-state index in [0.29, 0.717) is 24.4 Å². The summed E-state index contributed by atoms with van der Waals surface area (Å²) < 4.78 is 15.1. The molecule has 33 heavy (non-hydrogen) atoms. The number of halogens is 1. The molecule has 3 rings (SSSR count). The number of hydrogen-bond donors (Lipinski definition) is 1. The molecule has 6 nitrogen and oxygen atoms in total. The van der Waals surface area contributed by atoms with Gasteiger partial charge in [-0.25, -0.2) is 9.37 Å². The zero-order valence-corrected chi connectivity index (χ0v) is 18.5. The van der Waals surface area contributed by atoms with E-state index < -0.39 is 5.82 Å². The lowest BCUT2D eigenvalue weighted by atomic mass is 10.1. The van der Waals surface area contributed by atoms with Gasteiger partial charge in [-0.15, -0.1) is 6.58 Å². The quantitative estimate of drug-likeness (QED) is 0.246. The average molecular weight is 441 g/mol. The minimum absolute atomic E-state index is 0.119. The summed E-state index contributed by atoms with van der Waals surface area (Å²) in [4.78, 5) is 20.7. The highest BCUT2D eigenvalue weighted by Gasteiger charge is 2.12. The highest BCUT2D eigenvalue weighted by atomic mass is 19.1. The molecule has 0 amide bonds. The van der Waals surface area contributed by atoms with Crippen LogP contribution in [-0.4, -0.2) is 28.4 Å². The number of allylic oxidation sites excluding steroid dienone is 3. The van der Waals surface area contributed by atoms with Crippen LogP contribution in [-0.2, 0) is 6.54 Å². The minimum Gasteiger partial charge on any atom is -0.363 e. The summed E-state index contributed by atoms with van der Waals surface area (Å²) in [5.41, 5.74) is 5.00. The second-order valence-electron chi connectivity index (χ2n) is 7.13. The van der Waals surface area contributed by atoms with Crippen molar-refractivity contribution >= 4 is 24.9 Å².